The molecule has 1 N–H and O–H groups in total. The first-order chi connectivity index (χ1) is 13.7. The second-order valence-corrected chi connectivity index (χ2v) is 9.99. The third-order valence-electron chi connectivity index (χ3n) is 7.88. The minimum absolute atomic E-state index is 0.397. The lowest BCUT2D eigenvalue weighted by Gasteiger charge is -2.33. The van der Waals surface area contributed by atoms with E-state index >= 15 is 0 Å². The van der Waals surface area contributed by atoms with Gasteiger partial charge in [0.15, 0.2) is 0 Å². The fourth-order valence-corrected chi connectivity index (χ4v) is 5.99. The normalized spacial score (nSPS) is 24.9. The Morgan fingerprint density at radius 2 is 1.46 bits per heavy atom. The van der Waals surface area contributed by atoms with E-state index in [-0.39, 0.29) is 0 Å². The van der Waals surface area contributed by atoms with E-state index in [0.29, 0.717) is 5.75 Å². The summed E-state index contributed by atoms with van der Waals surface area (Å²) in [5.41, 5.74) is 1.42. The van der Waals surface area contributed by atoms with E-state index < -0.39 is 0 Å². The van der Waals surface area contributed by atoms with Gasteiger partial charge in [-0.1, -0.05) is 109 Å². The predicted molar refractivity (Wildman–Crippen MR) is 121 cm³/mol. The lowest BCUT2D eigenvalue weighted by molar-refractivity contribution is 0.196. The van der Waals surface area contributed by atoms with Gasteiger partial charge in [-0.3, -0.25) is 0 Å². The van der Waals surface area contributed by atoms with Crippen molar-refractivity contribution in [2.24, 2.45) is 23.7 Å². The molecular formula is C27H44O. The highest BCUT2D eigenvalue weighted by atomic mass is 16.3. The van der Waals surface area contributed by atoms with E-state index in [0.717, 1.165) is 23.7 Å². The quantitative estimate of drug-likeness (QED) is 0.402. The molecule has 1 atom stereocenters. The second-order valence-electron chi connectivity index (χ2n) is 9.99. The Morgan fingerprint density at radius 1 is 0.821 bits per heavy atom. The number of hydrogen-bond acceptors (Lipinski definition) is 1. The SMILES string of the molecule is CCCCCC1CCC(CCC(Cc2ccc(O)cc2)C2CCCCC2)CC1. The van der Waals surface area contributed by atoms with Gasteiger partial charge in [0.25, 0.3) is 0 Å². The molecule has 2 aliphatic carbocycles. The average Bonchev–Trinajstić information content (AvgIpc) is 2.74. The van der Waals surface area contributed by atoms with E-state index in [2.05, 4.69) is 19.1 Å². The summed E-state index contributed by atoms with van der Waals surface area (Å²) >= 11 is 0. The van der Waals surface area contributed by atoms with Crippen LogP contribution in [0.25, 0.3) is 0 Å². The molecule has 1 nitrogen and oxygen atoms in total. The van der Waals surface area contributed by atoms with E-state index in [1.54, 1.807) is 0 Å². The van der Waals surface area contributed by atoms with Gasteiger partial charge in [-0.15, -0.1) is 0 Å². The van der Waals surface area contributed by atoms with Crippen molar-refractivity contribution in [1.29, 1.82) is 0 Å². The van der Waals surface area contributed by atoms with Crippen molar-refractivity contribution in [2.45, 2.75) is 110 Å². The zero-order valence-electron chi connectivity index (χ0n) is 18.4. The van der Waals surface area contributed by atoms with Gasteiger partial charge in [-0.25, -0.2) is 0 Å². The van der Waals surface area contributed by atoms with Crippen LogP contribution in [0, 0.1) is 23.7 Å². The Hall–Kier alpha value is -0.980. The van der Waals surface area contributed by atoms with Crippen LogP contribution < -0.4 is 0 Å². The number of rotatable bonds is 10. The van der Waals surface area contributed by atoms with E-state index in [1.165, 1.54) is 108 Å². The van der Waals surface area contributed by atoms with Crippen molar-refractivity contribution in [1.82, 2.24) is 0 Å². The summed E-state index contributed by atoms with van der Waals surface area (Å²) < 4.78 is 0. The van der Waals surface area contributed by atoms with E-state index in [4.69, 9.17) is 0 Å². The number of hydrogen-bond donors (Lipinski definition) is 1. The van der Waals surface area contributed by atoms with Crippen LogP contribution in [0.3, 0.4) is 0 Å². The summed E-state index contributed by atoms with van der Waals surface area (Å²) in [6.07, 6.45) is 23.1. The minimum Gasteiger partial charge on any atom is -0.508 e. The minimum atomic E-state index is 0.397. The van der Waals surface area contributed by atoms with Gasteiger partial charge < -0.3 is 5.11 Å². The molecule has 28 heavy (non-hydrogen) atoms. The van der Waals surface area contributed by atoms with Crippen molar-refractivity contribution in [3.05, 3.63) is 29.8 Å². The summed E-state index contributed by atoms with van der Waals surface area (Å²) in [5.74, 6) is 4.22. The molecule has 0 radical (unpaired) electrons. The Kier molecular flexibility index (Phi) is 9.22. The number of phenolic OH excluding ortho intramolecular Hbond substituents is 1. The van der Waals surface area contributed by atoms with Crippen LogP contribution >= 0.6 is 0 Å². The van der Waals surface area contributed by atoms with Crippen molar-refractivity contribution in [2.75, 3.05) is 0 Å². The number of unbranched alkanes of at least 4 members (excludes halogenated alkanes) is 2. The molecule has 158 valence electrons. The topological polar surface area (TPSA) is 20.2 Å². The van der Waals surface area contributed by atoms with Gasteiger partial charge in [0.2, 0.25) is 0 Å². The Balaban J connectivity index is 1.47. The van der Waals surface area contributed by atoms with Crippen molar-refractivity contribution in [3.8, 4) is 5.75 Å². The maximum Gasteiger partial charge on any atom is 0.115 e. The lowest BCUT2D eigenvalue weighted by Crippen LogP contribution is -2.22. The smallest absolute Gasteiger partial charge is 0.115 e. The van der Waals surface area contributed by atoms with Crippen LogP contribution in [0.2, 0.25) is 0 Å². The molecule has 2 aliphatic rings. The second kappa shape index (κ2) is 11.9. The molecule has 0 amide bonds. The average molecular weight is 385 g/mol. The van der Waals surface area contributed by atoms with Gasteiger partial charge in [0.05, 0.1) is 0 Å². The fourth-order valence-electron chi connectivity index (χ4n) is 5.99. The van der Waals surface area contributed by atoms with Crippen LogP contribution in [0.4, 0.5) is 0 Å². The maximum atomic E-state index is 9.60. The summed E-state index contributed by atoms with van der Waals surface area (Å²) in [6, 6.07) is 8.03. The molecule has 0 aliphatic heterocycles. The van der Waals surface area contributed by atoms with Crippen LogP contribution in [-0.4, -0.2) is 5.11 Å². The zero-order valence-corrected chi connectivity index (χ0v) is 18.4. The molecule has 0 spiro atoms. The first-order valence-electron chi connectivity index (χ1n) is 12.5. The number of benzene rings is 1. The van der Waals surface area contributed by atoms with Crippen molar-refractivity contribution in [3.63, 3.8) is 0 Å². The monoisotopic (exact) mass is 384 g/mol. The van der Waals surface area contributed by atoms with Crippen LogP contribution in [-0.2, 0) is 6.42 Å². The van der Waals surface area contributed by atoms with Gasteiger partial charge in [0.1, 0.15) is 5.75 Å². The Bertz CT molecular complexity index is 520. The first kappa shape index (κ1) is 21.7. The summed E-state index contributed by atoms with van der Waals surface area (Å²) in [6.45, 7) is 2.32. The van der Waals surface area contributed by atoms with Gasteiger partial charge in [0, 0.05) is 0 Å². The third-order valence-corrected chi connectivity index (χ3v) is 7.88. The molecule has 0 aromatic heterocycles. The Morgan fingerprint density at radius 3 is 2.11 bits per heavy atom. The molecule has 1 unspecified atom stereocenters. The molecule has 0 saturated heterocycles. The van der Waals surface area contributed by atoms with Crippen molar-refractivity contribution < 1.29 is 5.11 Å². The molecule has 2 saturated carbocycles. The van der Waals surface area contributed by atoms with Crippen molar-refractivity contribution >= 4 is 0 Å². The highest BCUT2D eigenvalue weighted by molar-refractivity contribution is 5.26. The molecule has 1 aromatic rings. The van der Waals surface area contributed by atoms with Crippen LogP contribution in [0.5, 0.6) is 5.75 Å². The summed E-state index contributed by atoms with van der Waals surface area (Å²) in [7, 11) is 0. The molecular weight excluding hydrogens is 340 g/mol. The maximum absolute atomic E-state index is 9.60. The highest BCUT2D eigenvalue weighted by Crippen LogP contribution is 2.39. The molecule has 3 rings (SSSR count). The van der Waals surface area contributed by atoms with E-state index in [1.807, 2.05) is 12.1 Å². The van der Waals surface area contributed by atoms with Gasteiger partial charge >= 0.3 is 0 Å². The number of phenols is 1. The number of aromatic hydroxyl groups is 1. The molecule has 1 heteroatoms. The zero-order chi connectivity index (χ0) is 19.6. The molecule has 0 heterocycles. The highest BCUT2D eigenvalue weighted by Gasteiger charge is 2.26. The third kappa shape index (κ3) is 7.12. The largest absolute Gasteiger partial charge is 0.508 e. The van der Waals surface area contributed by atoms with Gasteiger partial charge in [-0.2, -0.15) is 0 Å². The van der Waals surface area contributed by atoms with E-state index in [9.17, 15) is 5.11 Å². The predicted octanol–water partition coefficient (Wildman–Crippen LogP) is 8.30. The summed E-state index contributed by atoms with van der Waals surface area (Å²) in [5, 5.41) is 9.60. The fraction of sp³-hybridized carbons (Fsp3) is 0.778. The molecule has 1 aromatic carbocycles. The first-order valence-corrected chi connectivity index (χ1v) is 12.5. The summed E-state index contributed by atoms with van der Waals surface area (Å²) in [4.78, 5) is 0. The standard InChI is InChI=1S/C27H44O/c1-2-3-5-8-22-11-13-23(14-12-22)15-18-26(25-9-6-4-7-10-25)21-24-16-19-27(28)20-17-24/h16-17,19-20,22-23,25-26,28H,2-15,18,21H2,1H3. The lowest BCUT2D eigenvalue weighted by atomic mass is 9.72. The van der Waals surface area contributed by atoms with Crippen LogP contribution in [0.15, 0.2) is 24.3 Å². The molecule has 0 bridgehead atoms. The van der Waals surface area contributed by atoms with Crippen LogP contribution in [0.1, 0.15) is 109 Å². The molecule has 2 fully saturated rings. The Labute approximate surface area is 174 Å². The van der Waals surface area contributed by atoms with Gasteiger partial charge in [-0.05, 0) is 54.2 Å².